The van der Waals surface area contributed by atoms with Gasteiger partial charge in [0.1, 0.15) is 5.65 Å². The maximum absolute atomic E-state index is 11.5. The van der Waals surface area contributed by atoms with Crippen LogP contribution in [0.3, 0.4) is 0 Å². The smallest absolute Gasteiger partial charge is 0.251 e. The summed E-state index contributed by atoms with van der Waals surface area (Å²) in [5.41, 5.74) is 2.95. The van der Waals surface area contributed by atoms with Crippen molar-refractivity contribution in [3.63, 3.8) is 0 Å². The topological polar surface area (TPSA) is 50.2 Å². The van der Waals surface area contributed by atoms with Crippen LogP contribution < -0.4 is 5.56 Å². The van der Waals surface area contributed by atoms with Crippen molar-refractivity contribution in [2.24, 2.45) is 0 Å². The van der Waals surface area contributed by atoms with Crippen molar-refractivity contribution < 1.29 is 0 Å². The Labute approximate surface area is 93.3 Å². The molecule has 84 valence electrons. The van der Waals surface area contributed by atoms with E-state index in [0.717, 1.165) is 29.9 Å². The molecular formula is C12H15N3O. The van der Waals surface area contributed by atoms with E-state index in [1.807, 2.05) is 10.6 Å². The highest BCUT2D eigenvalue weighted by atomic mass is 16.1. The van der Waals surface area contributed by atoms with Gasteiger partial charge in [-0.1, -0.05) is 13.3 Å². The fraction of sp³-hybridized carbons (Fsp3) is 0.500. The number of aromatic nitrogens is 3. The third-order valence-electron chi connectivity index (χ3n) is 3.04. The van der Waals surface area contributed by atoms with E-state index in [0.29, 0.717) is 5.92 Å². The van der Waals surface area contributed by atoms with Crippen LogP contribution in [0.15, 0.2) is 16.9 Å². The molecule has 1 fully saturated rings. The Kier molecular flexibility index (Phi) is 2.09. The van der Waals surface area contributed by atoms with Gasteiger partial charge in [-0.2, -0.15) is 5.10 Å². The number of nitrogens with zero attached hydrogens (tertiary/aromatic N) is 2. The molecular weight excluding hydrogens is 202 g/mol. The van der Waals surface area contributed by atoms with Crippen molar-refractivity contribution in [2.45, 2.75) is 38.5 Å². The SMILES string of the molecule is CCCc1cc2[nH]c(=O)cc(C3CC3)n2n1. The molecule has 4 heteroatoms. The Morgan fingerprint density at radius 2 is 2.31 bits per heavy atom. The third-order valence-corrected chi connectivity index (χ3v) is 3.04. The van der Waals surface area contributed by atoms with Crippen LogP contribution in [0.2, 0.25) is 0 Å². The number of aromatic amines is 1. The summed E-state index contributed by atoms with van der Waals surface area (Å²) in [6, 6.07) is 3.67. The Balaban J connectivity index is 2.19. The molecule has 0 aromatic carbocycles. The Hall–Kier alpha value is -1.58. The van der Waals surface area contributed by atoms with E-state index >= 15 is 0 Å². The summed E-state index contributed by atoms with van der Waals surface area (Å²) in [7, 11) is 0. The van der Waals surface area contributed by atoms with E-state index in [2.05, 4.69) is 17.0 Å². The first-order chi connectivity index (χ1) is 7.78. The average molecular weight is 217 g/mol. The lowest BCUT2D eigenvalue weighted by atomic mass is 10.2. The first-order valence-corrected chi connectivity index (χ1v) is 5.90. The molecule has 0 radical (unpaired) electrons. The lowest BCUT2D eigenvalue weighted by molar-refractivity contribution is 0.790. The van der Waals surface area contributed by atoms with Crippen molar-refractivity contribution in [3.8, 4) is 0 Å². The number of nitrogens with one attached hydrogen (secondary N) is 1. The number of H-pyrrole nitrogens is 1. The highest BCUT2D eigenvalue weighted by molar-refractivity contribution is 5.41. The minimum atomic E-state index is -0.0163. The average Bonchev–Trinajstić information content (AvgIpc) is 3.00. The van der Waals surface area contributed by atoms with Crippen LogP contribution in [-0.4, -0.2) is 14.6 Å². The molecule has 0 spiro atoms. The molecule has 0 bridgehead atoms. The largest absolute Gasteiger partial charge is 0.307 e. The molecule has 0 aliphatic heterocycles. The molecule has 1 aliphatic carbocycles. The molecule has 1 aliphatic rings. The normalized spacial score (nSPS) is 15.8. The molecule has 0 amide bonds. The number of fused-ring (bicyclic) bond motifs is 1. The van der Waals surface area contributed by atoms with Gasteiger partial charge in [0.25, 0.3) is 5.56 Å². The van der Waals surface area contributed by atoms with Gasteiger partial charge < -0.3 is 4.98 Å². The van der Waals surface area contributed by atoms with Gasteiger partial charge in [-0.15, -0.1) is 0 Å². The Morgan fingerprint density at radius 1 is 1.50 bits per heavy atom. The van der Waals surface area contributed by atoms with E-state index in [-0.39, 0.29) is 5.56 Å². The molecule has 3 rings (SSSR count). The van der Waals surface area contributed by atoms with E-state index in [9.17, 15) is 4.79 Å². The monoisotopic (exact) mass is 217 g/mol. The lowest BCUT2D eigenvalue weighted by Gasteiger charge is -2.01. The van der Waals surface area contributed by atoms with Crippen LogP contribution >= 0.6 is 0 Å². The molecule has 1 N–H and O–H groups in total. The van der Waals surface area contributed by atoms with Crippen molar-refractivity contribution in [2.75, 3.05) is 0 Å². The van der Waals surface area contributed by atoms with Crippen molar-refractivity contribution in [1.29, 1.82) is 0 Å². The maximum Gasteiger partial charge on any atom is 0.251 e. The third kappa shape index (κ3) is 1.54. The molecule has 4 nitrogen and oxygen atoms in total. The summed E-state index contributed by atoms with van der Waals surface area (Å²) in [4.78, 5) is 14.3. The number of hydrogen-bond donors (Lipinski definition) is 1. The summed E-state index contributed by atoms with van der Waals surface area (Å²) >= 11 is 0. The molecule has 0 unspecified atom stereocenters. The molecule has 2 heterocycles. The summed E-state index contributed by atoms with van der Waals surface area (Å²) in [5.74, 6) is 0.541. The van der Waals surface area contributed by atoms with Crippen LogP contribution in [0.4, 0.5) is 0 Å². The predicted octanol–water partition coefficient (Wildman–Crippen LogP) is 1.85. The number of hydrogen-bond acceptors (Lipinski definition) is 2. The molecule has 0 atom stereocenters. The zero-order valence-electron chi connectivity index (χ0n) is 9.36. The van der Waals surface area contributed by atoms with Gasteiger partial charge in [0.15, 0.2) is 0 Å². The molecule has 0 saturated heterocycles. The van der Waals surface area contributed by atoms with Crippen LogP contribution in [0, 0.1) is 0 Å². The van der Waals surface area contributed by atoms with E-state index in [4.69, 9.17) is 0 Å². The van der Waals surface area contributed by atoms with E-state index < -0.39 is 0 Å². The van der Waals surface area contributed by atoms with Gasteiger partial charge in [-0.05, 0) is 19.3 Å². The standard InChI is InChI=1S/C12H15N3O/c1-2-3-9-6-11-13-12(16)7-10(8-4-5-8)15(11)14-9/h6-8H,2-5H2,1H3,(H,13,16). The lowest BCUT2D eigenvalue weighted by Crippen LogP contribution is -2.11. The highest BCUT2D eigenvalue weighted by Crippen LogP contribution is 2.39. The highest BCUT2D eigenvalue weighted by Gasteiger charge is 2.27. The zero-order chi connectivity index (χ0) is 11.1. The quantitative estimate of drug-likeness (QED) is 0.853. The summed E-state index contributed by atoms with van der Waals surface area (Å²) in [6.07, 6.45) is 4.41. The van der Waals surface area contributed by atoms with Crippen LogP contribution in [0.1, 0.15) is 43.5 Å². The van der Waals surface area contributed by atoms with Gasteiger partial charge in [-0.3, -0.25) is 4.79 Å². The van der Waals surface area contributed by atoms with E-state index in [1.54, 1.807) is 6.07 Å². The fourth-order valence-electron chi connectivity index (χ4n) is 2.12. The molecule has 2 aromatic heterocycles. The predicted molar refractivity (Wildman–Crippen MR) is 61.8 cm³/mol. The van der Waals surface area contributed by atoms with Crippen molar-refractivity contribution >= 4 is 5.65 Å². The van der Waals surface area contributed by atoms with Crippen LogP contribution in [0.5, 0.6) is 0 Å². The Morgan fingerprint density at radius 3 is 3.00 bits per heavy atom. The van der Waals surface area contributed by atoms with Crippen LogP contribution in [-0.2, 0) is 6.42 Å². The molecule has 16 heavy (non-hydrogen) atoms. The first kappa shape index (κ1) is 9.63. The van der Waals surface area contributed by atoms with E-state index in [1.165, 1.54) is 12.8 Å². The number of aryl methyl sites for hydroxylation is 1. The fourth-order valence-corrected chi connectivity index (χ4v) is 2.12. The minimum absolute atomic E-state index is 0.0163. The summed E-state index contributed by atoms with van der Waals surface area (Å²) in [5, 5.41) is 4.55. The van der Waals surface area contributed by atoms with Gasteiger partial charge in [0.2, 0.25) is 0 Å². The first-order valence-electron chi connectivity index (χ1n) is 5.90. The van der Waals surface area contributed by atoms with Gasteiger partial charge in [0, 0.05) is 18.1 Å². The Bertz CT molecular complexity index is 577. The minimum Gasteiger partial charge on any atom is -0.307 e. The second-order valence-electron chi connectivity index (χ2n) is 4.52. The second-order valence-corrected chi connectivity index (χ2v) is 4.52. The maximum atomic E-state index is 11.5. The van der Waals surface area contributed by atoms with Gasteiger partial charge in [0.05, 0.1) is 11.4 Å². The van der Waals surface area contributed by atoms with Gasteiger partial charge >= 0.3 is 0 Å². The zero-order valence-corrected chi connectivity index (χ0v) is 9.36. The van der Waals surface area contributed by atoms with Crippen LogP contribution in [0.25, 0.3) is 5.65 Å². The number of rotatable bonds is 3. The van der Waals surface area contributed by atoms with Crippen molar-refractivity contribution in [3.05, 3.63) is 33.9 Å². The second kappa shape index (κ2) is 3.47. The van der Waals surface area contributed by atoms with Gasteiger partial charge in [-0.25, -0.2) is 4.52 Å². The summed E-state index contributed by atoms with van der Waals surface area (Å²) in [6.45, 7) is 2.13. The summed E-state index contributed by atoms with van der Waals surface area (Å²) < 4.78 is 1.91. The molecule has 1 saturated carbocycles. The van der Waals surface area contributed by atoms with Crippen molar-refractivity contribution in [1.82, 2.24) is 14.6 Å². The molecule has 2 aromatic rings.